The Bertz CT molecular complexity index is 1100. The van der Waals surface area contributed by atoms with Crippen LogP contribution < -0.4 is 20.9 Å². The average Bonchev–Trinajstić information content (AvgIpc) is 2.90. The van der Waals surface area contributed by atoms with Gasteiger partial charge < -0.3 is 15.4 Å². The number of nitrogens with zero attached hydrogens (tertiary/aromatic N) is 2. The molecule has 150 valence electrons. The number of hydrogen-bond donors (Lipinski definition) is 2. The number of benzene rings is 2. The van der Waals surface area contributed by atoms with E-state index in [4.69, 9.17) is 4.74 Å². The smallest absolute Gasteiger partial charge is 0.295 e. The van der Waals surface area contributed by atoms with Crippen LogP contribution >= 0.6 is 0 Å². The Kier molecular flexibility index (Phi) is 5.82. The summed E-state index contributed by atoms with van der Waals surface area (Å²) >= 11 is 0. The molecule has 2 amide bonds. The van der Waals surface area contributed by atoms with Gasteiger partial charge in [0.25, 0.3) is 11.5 Å². The Morgan fingerprint density at radius 3 is 2.45 bits per heavy atom. The van der Waals surface area contributed by atoms with Crippen LogP contribution in [0.2, 0.25) is 0 Å². The van der Waals surface area contributed by atoms with Crippen molar-refractivity contribution in [2.75, 3.05) is 17.2 Å². The van der Waals surface area contributed by atoms with E-state index in [-0.39, 0.29) is 23.8 Å². The molecule has 0 bridgehead atoms. The first-order valence-electron chi connectivity index (χ1n) is 9.01. The SMILES string of the molecule is CC(=O)Nc1cccc(OCC(=O)Nc2c(C)n(C)n(-c3ccccc3)c2=O)c1. The van der Waals surface area contributed by atoms with E-state index in [0.29, 0.717) is 22.8 Å². The summed E-state index contributed by atoms with van der Waals surface area (Å²) in [6, 6.07) is 15.9. The molecule has 2 N–H and O–H groups in total. The largest absolute Gasteiger partial charge is 0.484 e. The fraction of sp³-hybridized carbons (Fsp3) is 0.190. The molecule has 3 aromatic rings. The molecule has 0 unspecified atom stereocenters. The highest BCUT2D eigenvalue weighted by molar-refractivity contribution is 5.92. The van der Waals surface area contributed by atoms with Gasteiger partial charge in [-0.2, -0.15) is 0 Å². The fourth-order valence-corrected chi connectivity index (χ4v) is 2.90. The maximum absolute atomic E-state index is 12.8. The van der Waals surface area contributed by atoms with Gasteiger partial charge >= 0.3 is 0 Å². The second kappa shape index (κ2) is 8.47. The van der Waals surface area contributed by atoms with Gasteiger partial charge in [-0.3, -0.25) is 19.1 Å². The average molecular weight is 394 g/mol. The van der Waals surface area contributed by atoms with Crippen LogP contribution in [0.1, 0.15) is 12.6 Å². The van der Waals surface area contributed by atoms with Gasteiger partial charge in [0.1, 0.15) is 11.4 Å². The third-order valence-corrected chi connectivity index (χ3v) is 4.34. The number of carbonyl (C=O) groups is 2. The molecule has 8 heteroatoms. The summed E-state index contributed by atoms with van der Waals surface area (Å²) in [6.45, 7) is 2.89. The van der Waals surface area contributed by atoms with E-state index in [1.165, 1.54) is 11.6 Å². The second-order valence-electron chi connectivity index (χ2n) is 6.48. The first kappa shape index (κ1) is 19.9. The zero-order valence-corrected chi connectivity index (χ0v) is 16.4. The van der Waals surface area contributed by atoms with Gasteiger partial charge in [-0.15, -0.1) is 0 Å². The molecule has 1 aromatic heterocycles. The van der Waals surface area contributed by atoms with Crippen molar-refractivity contribution in [2.45, 2.75) is 13.8 Å². The zero-order valence-electron chi connectivity index (χ0n) is 16.4. The molecule has 0 spiro atoms. The molecule has 3 rings (SSSR count). The fourth-order valence-electron chi connectivity index (χ4n) is 2.90. The van der Waals surface area contributed by atoms with Crippen molar-refractivity contribution in [3.8, 4) is 11.4 Å². The lowest BCUT2D eigenvalue weighted by molar-refractivity contribution is -0.118. The van der Waals surface area contributed by atoms with E-state index in [1.54, 1.807) is 42.9 Å². The Labute approximate surface area is 167 Å². The van der Waals surface area contributed by atoms with Crippen molar-refractivity contribution in [3.05, 3.63) is 70.6 Å². The lowest BCUT2D eigenvalue weighted by atomic mass is 10.3. The number of anilines is 2. The van der Waals surface area contributed by atoms with Crippen LogP contribution in [0.25, 0.3) is 5.69 Å². The lowest BCUT2D eigenvalue weighted by Gasteiger charge is -2.08. The maximum Gasteiger partial charge on any atom is 0.295 e. The number of hydrogen-bond acceptors (Lipinski definition) is 4. The summed E-state index contributed by atoms with van der Waals surface area (Å²) in [7, 11) is 1.75. The summed E-state index contributed by atoms with van der Waals surface area (Å²) in [6.07, 6.45) is 0. The van der Waals surface area contributed by atoms with Gasteiger partial charge in [-0.1, -0.05) is 24.3 Å². The second-order valence-corrected chi connectivity index (χ2v) is 6.48. The molecule has 29 heavy (non-hydrogen) atoms. The Morgan fingerprint density at radius 2 is 1.76 bits per heavy atom. The monoisotopic (exact) mass is 394 g/mol. The number of aromatic nitrogens is 2. The number of amides is 2. The van der Waals surface area contributed by atoms with Gasteiger partial charge in [-0.05, 0) is 31.2 Å². The minimum atomic E-state index is -0.457. The Morgan fingerprint density at radius 1 is 1.03 bits per heavy atom. The van der Waals surface area contributed by atoms with Gasteiger partial charge in [0, 0.05) is 25.7 Å². The number of rotatable bonds is 6. The number of ether oxygens (including phenoxy) is 1. The topological polar surface area (TPSA) is 94.4 Å². The van der Waals surface area contributed by atoms with E-state index in [9.17, 15) is 14.4 Å². The highest BCUT2D eigenvalue weighted by Crippen LogP contribution is 2.18. The van der Waals surface area contributed by atoms with Crippen molar-refractivity contribution in [1.29, 1.82) is 0 Å². The molecule has 0 fully saturated rings. The van der Waals surface area contributed by atoms with Crippen LogP contribution in [0.4, 0.5) is 11.4 Å². The van der Waals surface area contributed by atoms with E-state index in [0.717, 1.165) is 0 Å². The Balaban J connectivity index is 1.72. The molecule has 2 aromatic carbocycles. The Hall–Kier alpha value is -3.81. The lowest BCUT2D eigenvalue weighted by Crippen LogP contribution is -2.25. The van der Waals surface area contributed by atoms with Crippen LogP contribution in [-0.2, 0) is 16.6 Å². The number of nitrogens with one attached hydrogen (secondary N) is 2. The normalized spacial score (nSPS) is 10.4. The van der Waals surface area contributed by atoms with Gasteiger partial charge in [0.15, 0.2) is 6.61 Å². The van der Waals surface area contributed by atoms with Crippen molar-refractivity contribution in [1.82, 2.24) is 9.36 Å². The van der Waals surface area contributed by atoms with E-state index >= 15 is 0 Å². The van der Waals surface area contributed by atoms with Crippen LogP contribution in [0.15, 0.2) is 59.4 Å². The highest BCUT2D eigenvalue weighted by atomic mass is 16.5. The van der Waals surface area contributed by atoms with Crippen LogP contribution in [0, 0.1) is 6.92 Å². The predicted octanol–water partition coefficient (Wildman–Crippen LogP) is 2.46. The molecule has 0 radical (unpaired) electrons. The molecular weight excluding hydrogens is 372 g/mol. The molecule has 0 aliphatic carbocycles. The van der Waals surface area contributed by atoms with Crippen LogP contribution in [-0.4, -0.2) is 27.8 Å². The molecule has 8 nitrogen and oxygen atoms in total. The maximum atomic E-state index is 12.8. The first-order valence-corrected chi connectivity index (χ1v) is 9.01. The minimum absolute atomic E-state index is 0.200. The molecule has 0 atom stereocenters. The molecule has 0 aliphatic rings. The zero-order chi connectivity index (χ0) is 21.0. The van der Waals surface area contributed by atoms with Crippen molar-refractivity contribution >= 4 is 23.2 Å². The molecule has 0 saturated carbocycles. The highest BCUT2D eigenvalue weighted by Gasteiger charge is 2.18. The summed E-state index contributed by atoms with van der Waals surface area (Å²) in [5.41, 5.74) is 1.78. The summed E-state index contributed by atoms with van der Waals surface area (Å²) in [5, 5.41) is 5.28. The quantitative estimate of drug-likeness (QED) is 0.672. The van der Waals surface area contributed by atoms with E-state index in [1.807, 2.05) is 30.3 Å². The van der Waals surface area contributed by atoms with Crippen LogP contribution in [0.5, 0.6) is 5.75 Å². The molecule has 0 saturated heterocycles. The number of para-hydroxylation sites is 1. The van der Waals surface area contributed by atoms with Crippen molar-refractivity contribution in [2.24, 2.45) is 7.05 Å². The third kappa shape index (κ3) is 4.55. The third-order valence-electron chi connectivity index (χ3n) is 4.34. The molecule has 1 heterocycles. The summed E-state index contributed by atoms with van der Waals surface area (Å²) in [4.78, 5) is 36.3. The van der Waals surface area contributed by atoms with Gasteiger partial charge in [0.05, 0.1) is 11.4 Å². The first-order chi connectivity index (χ1) is 13.9. The van der Waals surface area contributed by atoms with Crippen molar-refractivity contribution in [3.63, 3.8) is 0 Å². The van der Waals surface area contributed by atoms with Crippen LogP contribution in [0.3, 0.4) is 0 Å². The standard InChI is InChI=1S/C21H22N4O4/c1-14-20(21(28)25(24(14)3)17-9-5-4-6-10-17)23-19(27)13-29-18-11-7-8-16(12-18)22-15(2)26/h4-12H,13H2,1-3H3,(H,22,26)(H,23,27). The molecule has 0 aliphatic heterocycles. The van der Waals surface area contributed by atoms with Crippen molar-refractivity contribution < 1.29 is 14.3 Å². The van der Waals surface area contributed by atoms with E-state index in [2.05, 4.69) is 10.6 Å². The van der Waals surface area contributed by atoms with E-state index < -0.39 is 5.91 Å². The molecular formula is C21H22N4O4. The minimum Gasteiger partial charge on any atom is -0.484 e. The van der Waals surface area contributed by atoms with Gasteiger partial charge in [0.2, 0.25) is 5.91 Å². The predicted molar refractivity (Wildman–Crippen MR) is 111 cm³/mol. The summed E-state index contributed by atoms with van der Waals surface area (Å²) < 4.78 is 8.66. The number of carbonyl (C=O) groups excluding carboxylic acids is 2. The summed E-state index contributed by atoms with van der Waals surface area (Å²) in [5.74, 6) is -0.229. The van der Waals surface area contributed by atoms with Gasteiger partial charge in [-0.25, -0.2) is 4.68 Å².